The van der Waals surface area contributed by atoms with Crippen LogP contribution in [0, 0.1) is 5.41 Å². The maximum Gasteiger partial charge on any atom is 0.475 e. The Morgan fingerprint density at radius 1 is 1.35 bits per heavy atom. The minimum atomic E-state index is -3.91. The third kappa shape index (κ3) is 5.51. The lowest BCUT2D eigenvalue weighted by Crippen LogP contribution is -2.42. The number of H-pyrrole nitrogens is 1. The Bertz CT molecular complexity index is 955. The van der Waals surface area contributed by atoms with Crippen molar-refractivity contribution >= 4 is 13.8 Å². The largest absolute Gasteiger partial charge is 0.475 e. The van der Waals surface area contributed by atoms with Gasteiger partial charge in [-0.25, -0.2) is 14.2 Å². The van der Waals surface area contributed by atoms with Crippen molar-refractivity contribution in [3.63, 3.8) is 0 Å². The van der Waals surface area contributed by atoms with E-state index in [0.29, 0.717) is 0 Å². The Balaban J connectivity index is 1.58. The molecule has 3 rings (SSSR count). The van der Waals surface area contributed by atoms with Gasteiger partial charge in [-0.15, -0.1) is 0 Å². The van der Waals surface area contributed by atoms with E-state index in [-0.39, 0.29) is 32.5 Å². The van der Waals surface area contributed by atoms with Gasteiger partial charge in [-0.2, -0.15) is 0 Å². The molecule has 1 aromatic rings. The van der Waals surface area contributed by atoms with Crippen LogP contribution < -0.4 is 11.2 Å². The SMILES string of the molecule is CC(C)OC(=O)COCCO[P@@]1(=O)OC[C@H]2O[C@@H](n3ccc(=O)[nH]c3=O)C(C)(C)[C@@H]2O1. The number of aromatic amines is 1. The third-order valence-electron chi connectivity index (χ3n) is 4.82. The van der Waals surface area contributed by atoms with Gasteiger partial charge in [-0.05, 0) is 13.8 Å². The van der Waals surface area contributed by atoms with Gasteiger partial charge in [0.1, 0.15) is 25.0 Å². The second-order valence-electron chi connectivity index (χ2n) is 8.06. The fourth-order valence-corrected chi connectivity index (χ4v) is 4.97. The van der Waals surface area contributed by atoms with Crippen molar-refractivity contribution in [2.75, 3.05) is 26.4 Å². The van der Waals surface area contributed by atoms with E-state index in [1.54, 1.807) is 27.7 Å². The molecule has 0 aromatic carbocycles. The molecule has 0 aliphatic carbocycles. The fraction of sp³-hybridized carbons (Fsp3) is 0.722. The lowest BCUT2D eigenvalue weighted by atomic mass is 9.84. The summed E-state index contributed by atoms with van der Waals surface area (Å²) in [6.45, 7) is 6.56. The lowest BCUT2D eigenvalue weighted by Gasteiger charge is -2.36. The normalized spacial score (nSPS) is 29.6. The van der Waals surface area contributed by atoms with Gasteiger partial charge >= 0.3 is 19.5 Å². The van der Waals surface area contributed by atoms with E-state index in [1.807, 2.05) is 0 Å². The van der Waals surface area contributed by atoms with Gasteiger partial charge in [0.15, 0.2) is 0 Å². The number of hydrogen-bond donors (Lipinski definition) is 1. The maximum absolute atomic E-state index is 12.9. The van der Waals surface area contributed by atoms with Crippen molar-refractivity contribution in [3.05, 3.63) is 33.1 Å². The molecule has 2 aliphatic rings. The summed E-state index contributed by atoms with van der Waals surface area (Å²) in [7, 11) is -3.91. The summed E-state index contributed by atoms with van der Waals surface area (Å²) in [6, 6.07) is 1.21. The predicted molar refractivity (Wildman–Crippen MR) is 105 cm³/mol. The first-order valence-electron chi connectivity index (χ1n) is 9.83. The summed E-state index contributed by atoms with van der Waals surface area (Å²) in [5.74, 6) is -0.511. The molecule has 0 bridgehead atoms. The number of rotatable bonds is 8. The number of fused-ring (bicyclic) bond motifs is 1. The zero-order valence-corrected chi connectivity index (χ0v) is 18.7. The minimum absolute atomic E-state index is 0.0205. The monoisotopic (exact) mass is 462 g/mol. The van der Waals surface area contributed by atoms with Crippen LogP contribution in [0.2, 0.25) is 0 Å². The molecule has 174 valence electrons. The molecule has 13 heteroatoms. The number of nitrogens with one attached hydrogen (secondary N) is 1. The molecule has 12 nitrogen and oxygen atoms in total. The number of esters is 1. The van der Waals surface area contributed by atoms with Crippen LogP contribution in [0.4, 0.5) is 0 Å². The van der Waals surface area contributed by atoms with E-state index >= 15 is 0 Å². The van der Waals surface area contributed by atoms with Crippen LogP contribution in [0.25, 0.3) is 0 Å². The molecule has 1 aromatic heterocycles. The summed E-state index contributed by atoms with van der Waals surface area (Å²) in [5.41, 5.74) is -1.95. The van der Waals surface area contributed by atoms with E-state index in [4.69, 9.17) is 27.8 Å². The zero-order chi connectivity index (χ0) is 22.8. The van der Waals surface area contributed by atoms with Crippen LogP contribution >= 0.6 is 7.82 Å². The molecule has 31 heavy (non-hydrogen) atoms. The first-order chi connectivity index (χ1) is 14.5. The number of carbonyl (C=O) groups excluding carboxylic acids is 1. The highest BCUT2D eigenvalue weighted by Gasteiger charge is 2.58. The Morgan fingerprint density at radius 2 is 2.10 bits per heavy atom. The van der Waals surface area contributed by atoms with E-state index in [1.165, 1.54) is 16.8 Å². The molecule has 0 saturated carbocycles. The van der Waals surface area contributed by atoms with Crippen LogP contribution in [0.1, 0.15) is 33.9 Å². The van der Waals surface area contributed by atoms with Crippen LogP contribution in [0.3, 0.4) is 0 Å². The van der Waals surface area contributed by atoms with Crippen molar-refractivity contribution in [1.29, 1.82) is 0 Å². The summed E-state index contributed by atoms with van der Waals surface area (Å²) in [6.07, 6.45) is -0.974. The van der Waals surface area contributed by atoms with Crippen molar-refractivity contribution in [1.82, 2.24) is 9.55 Å². The molecule has 2 fully saturated rings. The number of phosphoric ester groups is 1. The standard InChI is InChI=1S/C18H27N2O10P/c1-11(2)28-14(22)10-25-7-8-26-31(24)27-9-12-15(30-31)18(3,4)16(29-12)20-6-5-13(21)19-17(20)23/h5-6,11-12,15-16H,7-10H2,1-4H3,(H,19,21,23)/t12-,15-,16-,31+/m1/s1. The zero-order valence-electron chi connectivity index (χ0n) is 17.8. The summed E-state index contributed by atoms with van der Waals surface area (Å²) >= 11 is 0. The highest BCUT2D eigenvalue weighted by atomic mass is 31.2. The Morgan fingerprint density at radius 3 is 2.77 bits per heavy atom. The number of phosphoric acid groups is 1. The average molecular weight is 462 g/mol. The highest BCUT2D eigenvalue weighted by molar-refractivity contribution is 7.48. The summed E-state index contributed by atoms with van der Waals surface area (Å²) in [5, 5.41) is 0. The Kier molecular flexibility index (Phi) is 7.19. The fourth-order valence-electron chi connectivity index (χ4n) is 3.46. The first-order valence-corrected chi connectivity index (χ1v) is 11.3. The quantitative estimate of drug-likeness (QED) is 0.337. The first kappa shape index (κ1) is 23.8. The maximum atomic E-state index is 12.9. The number of aromatic nitrogens is 2. The molecule has 0 amide bonds. The van der Waals surface area contributed by atoms with Crippen LogP contribution in [0.15, 0.2) is 21.9 Å². The minimum Gasteiger partial charge on any atom is -0.461 e. The number of carbonyl (C=O) groups is 1. The van der Waals surface area contributed by atoms with Gasteiger partial charge in [0, 0.05) is 17.7 Å². The topological polar surface area (TPSA) is 144 Å². The van der Waals surface area contributed by atoms with Crippen LogP contribution in [-0.4, -0.2) is 60.3 Å². The highest BCUT2D eigenvalue weighted by Crippen LogP contribution is 2.60. The van der Waals surface area contributed by atoms with Gasteiger partial charge in [0.05, 0.1) is 25.9 Å². The molecule has 2 saturated heterocycles. The van der Waals surface area contributed by atoms with E-state index in [2.05, 4.69) is 4.98 Å². The van der Waals surface area contributed by atoms with E-state index in [0.717, 1.165) is 0 Å². The summed E-state index contributed by atoms with van der Waals surface area (Å²) < 4.78 is 46.3. The van der Waals surface area contributed by atoms with Gasteiger partial charge in [-0.3, -0.25) is 27.9 Å². The van der Waals surface area contributed by atoms with Crippen molar-refractivity contribution < 1.29 is 37.1 Å². The van der Waals surface area contributed by atoms with Gasteiger partial charge in [0.25, 0.3) is 5.56 Å². The molecule has 4 atom stereocenters. The predicted octanol–water partition coefficient (Wildman–Crippen LogP) is 0.968. The van der Waals surface area contributed by atoms with Crippen molar-refractivity contribution in [3.8, 4) is 0 Å². The molecule has 0 spiro atoms. The molecule has 1 N–H and O–H groups in total. The van der Waals surface area contributed by atoms with Gasteiger partial charge in [-0.1, -0.05) is 13.8 Å². The second kappa shape index (κ2) is 9.35. The average Bonchev–Trinajstić information content (AvgIpc) is 2.91. The molecule has 0 unspecified atom stereocenters. The Labute approximate surface area is 178 Å². The molecule has 3 heterocycles. The molecular formula is C18H27N2O10P. The van der Waals surface area contributed by atoms with Crippen LogP contribution in [0.5, 0.6) is 0 Å². The summed E-state index contributed by atoms with van der Waals surface area (Å²) in [4.78, 5) is 37.1. The number of hydrogen-bond acceptors (Lipinski definition) is 10. The van der Waals surface area contributed by atoms with Gasteiger partial charge in [0.2, 0.25) is 0 Å². The third-order valence-corrected chi connectivity index (χ3v) is 6.27. The van der Waals surface area contributed by atoms with Crippen molar-refractivity contribution in [2.24, 2.45) is 5.41 Å². The molecular weight excluding hydrogens is 435 g/mol. The molecule has 2 aliphatic heterocycles. The lowest BCUT2D eigenvalue weighted by molar-refractivity contribution is -0.153. The van der Waals surface area contributed by atoms with E-state index < -0.39 is 48.9 Å². The van der Waals surface area contributed by atoms with Crippen LogP contribution in [-0.2, 0) is 37.1 Å². The number of ether oxygens (including phenoxy) is 3. The smallest absolute Gasteiger partial charge is 0.461 e. The Hall–Kier alpha value is -1.82. The number of nitrogens with zero attached hydrogens (tertiary/aromatic N) is 1. The second-order valence-corrected chi connectivity index (χ2v) is 9.68. The molecule has 0 radical (unpaired) electrons. The van der Waals surface area contributed by atoms with Gasteiger partial charge < -0.3 is 14.2 Å². The van der Waals surface area contributed by atoms with E-state index in [9.17, 15) is 18.9 Å². The van der Waals surface area contributed by atoms with Crippen molar-refractivity contribution in [2.45, 2.75) is 52.2 Å².